The molecule has 0 spiro atoms. The van der Waals surface area contributed by atoms with Crippen molar-refractivity contribution in [2.24, 2.45) is 0 Å². The number of nitriles is 1. The molecule has 1 aliphatic rings. The van der Waals surface area contributed by atoms with E-state index < -0.39 is 0 Å². The molecule has 9 heteroatoms. The van der Waals surface area contributed by atoms with Crippen LogP contribution in [-0.4, -0.2) is 61.6 Å². The molecule has 3 aromatic heterocycles. The molecule has 1 saturated heterocycles. The highest BCUT2D eigenvalue weighted by Gasteiger charge is 2.23. The van der Waals surface area contributed by atoms with E-state index in [1.807, 2.05) is 18.7 Å². The Balaban J connectivity index is 1.38. The number of carbonyl (C=O) groups is 1. The van der Waals surface area contributed by atoms with Crippen molar-refractivity contribution < 1.29 is 4.79 Å². The molecule has 4 rings (SSSR count). The van der Waals surface area contributed by atoms with Crippen LogP contribution in [0.15, 0.2) is 24.7 Å². The summed E-state index contributed by atoms with van der Waals surface area (Å²) in [5.74, 6) is 1.40. The van der Waals surface area contributed by atoms with Gasteiger partial charge in [0.05, 0.1) is 5.56 Å². The van der Waals surface area contributed by atoms with Gasteiger partial charge in [0, 0.05) is 50.2 Å². The number of anilines is 1. The van der Waals surface area contributed by atoms with Crippen molar-refractivity contribution in [3.05, 3.63) is 47.2 Å². The first-order valence-electron chi connectivity index (χ1n) is 9.62. The summed E-state index contributed by atoms with van der Waals surface area (Å²) in [5, 5.41) is 13.5. The normalized spacial score (nSPS) is 14.2. The van der Waals surface area contributed by atoms with E-state index in [0.717, 1.165) is 17.0 Å². The van der Waals surface area contributed by atoms with Crippen LogP contribution in [0.5, 0.6) is 0 Å². The first kappa shape index (κ1) is 18.8. The SMILES string of the molecule is Cc1nc2ncnn2c(C)c1CCC(=O)N1CCN(c2ncccc2C#N)CC1. The number of pyridine rings is 1. The molecule has 0 radical (unpaired) electrons. The number of carbonyl (C=O) groups excluding carboxylic acids is 1. The Morgan fingerprint density at radius 2 is 2.00 bits per heavy atom. The van der Waals surface area contributed by atoms with Crippen LogP contribution < -0.4 is 4.90 Å². The summed E-state index contributed by atoms with van der Waals surface area (Å²) >= 11 is 0. The second-order valence-electron chi connectivity index (χ2n) is 7.09. The van der Waals surface area contributed by atoms with Gasteiger partial charge in [0.15, 0.2) is 0 Å². The lowest BCUT2D eigenvalue weighted by Gasteiger charge is -2.35. The van der Waals surface area contributed by atoms with Crippen LogP contribution in [-0.2, 0) is 11.2 Å². The average molecular weight is 390 g/mol. The topological polar surface area (TPSA) is 103 Å². The average Bonchev–Trinajstić information content (AvgIpc) is 3.22. The van der Waals surface area contributed by atoms with Crippen LogP contribution in [0.3, 0.4) is 0 Å². The minimum Gasteiger partial charge on any atom is -0.352 e. The number of fused-ring (bicyclic) bond motifs is 1. The van der Waals surface area contributed by atoms with E-state index in [4.69, 9.17) is 0 Å². The summed E-state index contributed by atoms with van der Waals surface area (Å²) in [4.78, 5) is 29.7. The molecule has 9 nitrogen and oxygen atoms in total. The lowest BCUT2D eigenvalue weighted by Crippen LogP contribution is -2.49. The Kier molecular flexibility index (Phi) is 5.08. The largest absolute Gasteiger partial charge is 0.352 e. The Morgan fingerprint density at radius 1 is 1.21 bits per heavy atom. The fraction of sp³-hybridized carbons (Fsp3) is 0.400. The van der Waals surface area contributed by atoms with Gasteiger partial charge in [-0.1, -0.05) is 0 Å². The van der Waals surface area contributed by atoms with Crippen molar-refractivity contribution in [2.75, 3.05) is 31.1 Å². The number of hydrogen-bond donors (Lipinski definition) is 0. The lowest BCUT2D eigenvalue weighted by atomic mass is 10.1. The zero-order chi connectivity index (χ0) is 20.4. The fourth-order valence-corrected chi connectivity index (χ4v) is 3.81. The van der Waals surface area contributed by atoms with Gasteiger partial charge in [-0.25, -0.2) is 14.5 Å². The van der Waals surface area contributed by atoms with Gasteiger partial charge >= 0.3 is 0 Å². The van der Waals surface area contributed by atoms with E-state index in [9.17, 15) is 10.1 Å². The number of piperazine rings is 1. The van der Waals surface area contributed by atoms with Crippen molar-refractivity contribution in [1.82, 2.24) is 29.5 Å². The molecule has 3 aromatic rings. The Morgan fingerprint density at radius 3 is 2.76 bits per heavy atom. The predicted molar refractivity (Wildman–Crippen MR) is 106 cm³/mol. The summed E-state index contributed by atoms with van der Waals surface area (Å²) < 4.78 is 1.71. The number of aromatic nitrogens is 5. The number of nitrogens with zero attached hydrogens (tertiary/aromatic N) is 8. The van der Waals surface area contributed by atoms with Gasteiger partial charge in [0.25, 0.3) is 5.78 Å². The van der Waals surface area contributed by atoms with Gasteiger partial charge in [-0.05, 0) is 38.0 Å². The van der Waals surface area contributed by atoms with E-state index >= 15 is 0 Å². The molecule has 29 heavy (non-hydrogen) atoms. The number of hydrogen-bond acceptors (Lipinski definition) is 7. The predicted octanol–water partition coefficient (Wildman–Crippen LogP) is 1.29. The summed E-state index contributed by atoms with van der Waals surface area (Å²) in [6.07, 6.45) is 4.23. The standard InChI is InChI=1S/C20H22N8O/c1-14-17(15(2)28-20(25-14)23-13-24-28)5-6-18(29)26-8-10-27(11-9-26)19-16(12-21)4-3-7-22-19/h3-4,7,13H,5-6,8-11H2,1-2H3. The minimum atomic E-state index is 0.128. The van der Waals surface area contributed by atoms with Crippen molar-refractivity contribution in [1.29, 1.82) is 5.26 Å². The van der Waals surface area contributed by atoms with Crippen LogP contribution in [0.4, 0.5) is 5.82 Å². The number of amides is 1. The minimum absolute atomic E-state index is 0.128. The lowest BCUT2D eigenvalue weighted by molar-refractivity contribution is -0.131. The van der Waals surface area contributed by atoms with E-state index in [1.165, 1.54) is 6.33 Å². The highest BCUT2D eigenvalue weighted by Crippen LogP contribution is 2.19. The van der Waals surface area contributed by atoms with Crippen molar-refractivity contribution in [2.45, 2.75) is 26.7 Å². The molecule has 0 bridgehead atoms. The second-order valence-corrected chi connectivity index (χ2v) is 7.09. The molecule has 148 valence electrons. The van der Waals surface area contributed by atoms with E-state index in [2.05, 4.69) is 31.0 Å². The maximum atomic E-state index is 12.8. The van der Waals surface area contributed by atoms with Crippen LogP contribution in [0.1, 0.15) is 28.9 Å². The first-order valence-corrected chi connectivity index (χ1v) is 9.62. The molecule has 0 saturated carbocycles. The maximum absolute atomic E-state index is 12.8. The van der Waals surface area contributed by atoms with Gasteiger partial charge in [0.1, 0.15) is 18.2 Å². The molecule has 1 amide bonds. The summed E-state index contributed by atoms with van der Waals surface area (Å²) in [6, 6.07) is 5.71. The zero-order valence-corrected chi connectivity index (χ0v) is 16.5. The zero-order valence-electron chi connectivity index (χ0n) is 16.5. The molecule has 0 aromatic carbocycles. The van der Waals surface area contributed by atoms with Crippen LogP contribution in [0.25, 0.3) is 5.78 Å². The molecule has 0 unspecified atom stereocenters. The monoisotopic (exact) mass is 390 g/mol. The van der Waals surface area contributed by atoms with E-state index in [-0.39, 0.29) is 5.91 Å². The van der Waals surface area contributed by atoms with E-state index in [1.54, 1.807) is 22.8 Å². The van der Waals surface area contributed by atoms with Crippen molar-refractivity contribution in [3.8, 4) is 6.07 Å². The third kappa shape index (κ3) is 3.61. The molecular weight excluding hydrogens is 368 g/mol. The van der Waals surface area contributed by atoms with Crippen LogP contribution >= 0.6 is 0 Å². The molecule has 4 heterocycles. The van der Waals surface area contributed by atoms with Gasteiger partial charge in [-0.15, -0.1) is 0 Å². The Labute approximate surface area is 168 Å². The van der Waals surface area contributed by atoms with Crippen LogP contribution in [0.2, 0.25) is 0 Å². The smallest absolute Gasteiger partial charge is 0.252 e. The second kappa shape index (κ2) is 7.83. The molecular formula is C20H22N8O. The van der Waals surface area contributed by atoms with Gasteiger partial charge in [0.2, 0.25) is 5.91 Å². The summed E-state index contributed by atoms with van der Waals surface area (Å²) in [5.41, 5.74) is 3.47. The molecule has 1 fully saturated rings. The third-order valence-electron chi connectivity index (χ3n) is 5.42. The summed E-state index contributed by atoms with van der Waals surface area (Å²) in [6.45, 7) is 6.51. The Hall–Kier alpha value is -3.54. The third-order valence-corrected chi connectivity index (χ3v) is 5.42. The first-order chi connectivity index (χ1) is 14.1. The van der Waals surface area contributed by atoms with Gasteiger partial charge in [-0.3, -0.25) is 4.79 Å². The molecule has 0 atom stereocenters. The van der Waals surface area contributed by atoms with Crippen molar-refractivity contribution in [3.63, 3.8) is 0 Å². The highest BCUT2D eigenvalue weighted by molar-refractivity contribution is 5.77. The van der Waals surface area contributed by atoms with E-state index in [0.29, 0.717) is 56.2 Å². The highest BCUT2D eigenvalue weighted by atomic mass is 16.2. The quantitative estimate of drug-likeness (QED) is 0.661. The van der Waals surface area contributed by atoms with Crippen molar-refractivity contribution >= 4 is 17.5 Å². The number of aryl methyl sites for hydroxylation is 2. The van der Waals surface area contributed by atoms with Gasteiger partial charge < -0.3 is 9.80 Å². The molecule has 1 aliphatic heterocycles. The Bertz CT molecular complexity index is 1090. The maximum Gasteiger partial charge on any atom is 0.252 e. The number of rotatable bonds is 4. The molecule has 0 N–H and O–H groups in total. The fourth-order valence-electron chi connectivity index (χ4n) is 3.81. The van der Waals surface area contributed by atoms with Crippen LogP contribution in [0, 0.1) is 25.2 Å². The molecule has 0 aliphatic carbocycles. The summed E-state index contributed by atoms with van der Waals surface area (Å²) in [7, 11) is 0. The van der Waals surface area contributed by atoms with Gasteiger partial charge in [-0.2, -0.15) is 15.3 Å².